The Hall–Kier alpha value is -1.59. The number of rotatable bonds is 5. The molecule has 1 amide bonds. The average Bonchev–Trinajstić information content (AvgIpc) is 3.34. The number of halogens is 1. The van der Waals surface area contributed by atoms with Crippen LogP contribution in [-0.2, 0) is 19.7 Å². The maximum absolute atomic E-state index is 12.2. The second kappa shape index (κ2) is 6.49. The molecule has 1 heterocycles. The molecule has 23 heavy (non-hydrogen) atoms. The zero-order valence-corrected chi connectivity index (χ0v) is 13.5. The number of hydrogen-bond donors (Lipinski definition) is 2. The first-order valence-electron chi connectivity index (χ1n) is 7.86. The van der Waals surface area contributed by atoms with Gasteiger partial charge in [-0.05, 0) is 37.0 Å². The average molecular weight is 338 g/mol. The minimum Gasteiger partial charge on any atom is -0.481 e. The molecule has 124 valence electrons. The van der Waals surface area contributed by atoms with Crippen molar-refractivity contribution in [2.24, 2.45) is 11.8 Å². The van der Waals surface area contributed by atoms with Crippen molar-refractivity contribution >= 4 is 23.5 Å². The number of carbonyl (C=O) groups excluding carboxylic acids is 1. The Kier molecular flexibility index (Phi) is 4.60. The van der Waals surface area contributed by atoms with Crippen LogP contribution in [0.4, 0.5) is 0 Å². The van der Waals surface area contributed by atoms with Crippen molar-refractivity contribution in [3.63, 3.8) is 0 Å². The molecule has 2 atom stereocenters. The van der Waals surface area contributed by atoms with Crippen molar-refractivity contribution in [1.29, 1.82) is 0 Å². The van der Waals surface area contributed by atoms with Gasteiger partial charge in [0.25, 0.3) is 0 Å². The maximum Gasteiger partial charge on any atom is 0.307 e. The lowest BCUT2D eigenvalue weighted by molar-refractivity contribution is -0.140. The van der Waals surface area contributed by atoms with E-state index in [0.29, 0.717) is 31.2 Å². The van der Waals surface area contributed by atoms with Crippen molar-refractivity contribution in [3.8, 4) is 0 Å². The molecule has 1 aliphatic carbocycles. The van der Waals surface area contributed by atoms with Gasteiger partial charge in [-0.15, -0.1) is 0 Å². The molecule has 0 bridgehead atoms. The van der Waals surface area contributed by atoms with Crippen molar-refractivity contribution in [2.45, 2.75) is 24.7 Å². The van der Waals surface area contributed by atoms with Gasteiger partial charge in [-0.3, -0.25) is 9.59 Å². The van der Waals surface area contributed by atoms with Crippen molar-refractivity contribution in [3.05, 3.63) is 34.9 Å². The highest BCUT2D eigenvalue weighted by Gasteiger charge is 2.48. The van der Waals surface area contributed by atoms with Crippen molar-refractivity contribution in [2.75, 3.05) is 19.8 Å². The molecule has 3 rings (SSSR count). The van der Waals surface area contributed by atoms with Gasteiger partial charge in [-0.1, -0.05) is 23.7 Å². The molecule has 1 aliphatic heterocycles. The Morgan fingerprint density at radius 2 is 2.04 bits per heavy atom. The van der Waals surface area contributed by atoms with Gasteiger partial charge in [-0.2, -0.15) is 0 Å². The second-order valence-corrected chi connectivity index (χ2v) is 6.84. The number of carboxylic acids is 1. The summed E-state index contributed by atoms with van der Waals surface area (Å²) in [5, 5.41) is 12.6. The fourth-order valence-corrected chi connectivity index (χ4v) is 3.48. The number of nitrogens with one attached hydrogen (secondary N) is 1. The molecule has 0 unspecified atom stereocenters. The third-order valence-corrected chi connectivity index (χ3v) is 5.17. The Morgan fingerprint density at radius 3 is 2.65 bits per heavy atom. The third kappa shape index (κ3) is 3.51. The topological polar surface area (TPSA) is 75.6 Å². The third-order valence-electron chi connectivity index (χ3n) is 4.93. The van der Waals surface area contributed by atoms with Gasteiger partial charge >= 0.3 is 5.97 Å². The minimum atomic E-state index is -0.888. The molecule has 0 aromatic heterocycles. The van der Waals surface area contributed by atoms with E-state index in [1.54, 1.807) is 0 Å². The van der Waals surface area contributed by atoms with Gasteiger partial charge in [0.05, 0.1) is 11.8 Å². The van der Waals surface area contributed by atoms with Gasteiger partial charge in [-0.25, -0.2) is 0 Å². The molecule has 1 aromatic carbocycles. The quantitative estimate of drug-likeness (QED) is 0.864. The molecule has 1 aromatic rings. The van der Waals surface area contributed by atoms with E-state index in [1.165, 1.54) is 0 Å². The maximum atomic E-state index is 12.2. The molecule has 2 N–H and O–H groups in total. The van der Waals surface area contributed by atoms with Crippen LogP contribution in [0.2, 0.25) is 5.02 Å². The molecule has 1 saturated carbocycles. The van der Waals surface area contributed by atoms with Gasteiger partial charge in [0.15, 0.2) is 0 Å². The molecule has 0 radical (unpaired) electrons. The zero-order valence-electron chi connectivity index (χ0n) is 12.8. The summed E-state index contributed by atoms with van der Waals surface area (Å²) in [6.07, 6.45) is 2.05. The van der Waals surface area contributed by atoms with Crippen molar-refractivity contribution in [1.82, 2.24) is 5.32 Å². The number of aliphatic carboxylic acids is 1. The molecule has 6 heteroatoms. The standard InChI is InChI=1S/C17H20ClNO4/c18-12-3-1-2-11(8-12)17(4-6-23-7-5-17)10-19-15(20)13-9-14(13)16(21)22/h1-3,8,13-14H,4-7,9-10H2,(H,19,20)(H,21,22)/t13-,14+/m1/s1. The lowest BCUT2D eigenvalue weighted by atomic mass is 9.74. The van der Waals surface area contributed by atoms with E-state index in [0.717, 1.165) is 18.4 Å². The van der Waals surface area contributed by atoms with Crippen LogP contribution in [0, 0.1) is 11.8 Å². The first-order chi connectivity index (χ1) is 11.0. The van der Waals surface area contributed by atoms with Crippen LogP contribution >= 0.6 is 11.6 Å². The summed E-state index contributed by atoms with van der Waals surface area (Å²) in [4.78, 5) is 23.1. The first-order valence-corrected chi connectivity index (χ1v) is 8.24. The summed E-state index contributed by atoms with van der Waals surface area (Å²) in [5.74, 6) is -1.96. The van der Waals surface area contributed by atoms with Gasteiger partial charge < -0.3 is 15.2 Å². The lowest BCUT2D eigenvalue weighted by Crippen LogP contribution is -2.45. The SMILES string of the molecule is O=C(O)[C@H]1C[C@H]1C(=O)NCC1(c2cccc(Cl)c2)CCOCC1. The fourth-order valence-electron chi connectivity index (χ4n) is 3.29. The van der Waals surface area contributed by atoms with Crippen molar-refractivity contribution < 1.29 is 19.4 Å². The fraction of sp³-hybridized carbons (Fsp3) is 0.529. The molecule has 2 fully saturated rings. The van der Waals surface area contributed by atoms with E-state index >= 15 is 0 Å². The summed E-state index contributed by atoms with van der Waals surface area (Å²) < 4.78 is 5.47. The summed E-state index contributed by atoms with van der Waals surface area (Å²) >= 11 is 6.12. The van der Waals surface area contributed by atoms with E-state index in [-0.39, 0.29) is 17.2 Å². The normalized spacial score (nSPS) is 25.6. The first kappa shape index (κ1) is 16.3. The smallest absolute Gasteiger partial charge is 0.307 e. The highest BCUT2D eigenvalue weighted by molar-refractivity contribution is 6.30. The molecular formula is C17H20ClNO4. The molecular weight excluding hydrogens is 318 g/mol. The van der Waals surface area contributed by atoms with Gasteiger partial charge in [0, 0.05) is 30.2 Å². The monoisotopic (exact) mass is 337 g/mol. The second-order valence-electron chi connectivity index (χ2n) is 6.41. The number of carboxylic acid groups (broad SMARTS) is 1. The minimum absolute atomic E-state index is 0.162. The number of benzene rings is 1. The van der Waals surface area contributed by atoms with Gasteiger partial charge in [0.1, 0.15) is 0 Å². The molecule has 5 nitrogen and oxygen atoms in total. The van der Waals surface area contributed by atoms with E-state index in [1.807, 2.05) is 24.3 Å². The van der Waals surface area contributed by atoms with Crippen LogP contribution in [0.25, 0.3) is 0 Å². The van der Waals surface area contributed by atoms with Crippen LogP contribution in [0.15, 0.2) is 24.3 Å². The zero-order chi connectivity index (χ0) is 16.4. The van der Waals surface area contributed by atoms with E-state index in [9.17, 15) is 9.59 Å². The number of hydrogen-bond acceptors (Lipinski definition) is 3. The Labute approximate surface area is 140 Å². The largest absolute Gasteiger partial charge is 0.481 e. The molecule has 0 spiro atoms. The van der Waals surface area contributed by atoms with Gasteiger partial charge in [0.2, 0.25) is 5.91 Å². The van der Waals surface area contributed by atoms with Crippen LogP contribution < -0.4 is 5.32 Å². The highest BCUT2D eigenvalue weighted by atomic mass is 35.5. The molecule has 2 aliphatic rings. The number of amides is 1. The highest BCUT2D eigenvalue weighted by Crippen LogP contribution is 2.40. The summed E-state index contributed by atoms with van der Waals surface area (Å²) in [5.41, 5.74) is 0.895. The van der Waals surface area contributed by atoms with E-state index in [2.05, 4.69) is 5.32 Å². The number of ether oxygens (including phenoxy) is 1. The molecule has 1 saturated heterocycles. The van der Waals surface area contributed by atoms with Crippen LogP contribution in [0.5, 0.6) is 0 Å². The Bertz CT molecular complexity index is 612. The summed E-state index contributed by atoms with van der Waals surface area (Å²) in [6, 6.07) is 7.72. The van der Waals surface area contributed by atoms with Crippen LogP contribution in [0.3, 0.4) is 0 Å². The van der Waals surface area contributed by atoms with E-state index in [4.69, 9.17) is 21.4 Å². The number of carbonyl (C=O) groups is 2. The lowest BCUT2D eigenvalue weighted by Gasteiger charge is -2.38. The van der Waals surface area contributed by atoms with Crippen LogP contribution in [-0.4, -0.2) is 36.7 Å². The Balaban J connectivity index is 1.70. The van der Waals surface area contributed by atoms with Crippen LogP contribution in [0.1, 0.15) is 24.8 Å². The Morgan fingerprint density at radius 1 is 1.30 bits per heavy atom. The predicted molar refractivity (Wildman–Crippen MR) is 85.4 cm³/mol. The summed E-state index contributed by atoms with van der Waals surface area (Å²) in [6.45, 7) is 1.77. The summed E-state index contributed by atoms with van der Waals surface area (Å²) in [7, 11) is 0. The van der Waals surface area contributed by atoms with E-state index < -0.39 is 11.9 Å². The predicted octanol–water partition coefficient (Wildman–Crippen LogP) is 2.23.